The molecule has 34 heavy (non-hydrogen) atoms. The number of ether oxygens (including phenoxy) is 2. The summed E-state index contributed by atoms with van der Waals surface area (Å²) in [4.78, 5) is 6.98. The molecule has 1 aliphatic heterocycles. The maximum Gasteiger partial charge on any atom is 0.148 e. The molecule has 0 aliphatic carbocycles. The first-order chi connectivity index (χ1) is 16.7. The maximum absolute atomic E-state index is 6.14. The van der Waals surface area contributed by atoms with Crippen LogP contribution in [0.5, 0.6) is 5.75 Å². The number of rotatable bonds is 6. The standard InChI is InChI=1S/C28H24Br2N2O2/c29-26-16-21(18-31-24-7-9-25(10-8-24)32-11-13-33-14-12-32)17-27(30)28(26)34-19-20-5-6-22-3-1-2-4-23(22)15-20/h1-10,15-18H,11-14,19H2. The van der Waals surface area contributed by atoms with Crippen LogP contribution in [0.2, 0.25) is 0 Å². The van der Waals surface area contributed by atoms with Gasteiger partial charge in [-0.05, 0) is 96.2 Å². The number of hydrogen-bond donors (Lipinski definition) is 0. The smallest absolute Gasteiger partial charge is 0.148 e. The number of fused-ring (bicyclic) bond motifs is 1. The van der Waals surface area contributed by atoms with Gasteiger partial charge in [0.05, 0.1) is 27.8 Å². The van der Waals surface area contributed by atoms with Gasteiger partial charge in [0.15, 0.2) is 0 Å². The molecule has 4 aromatic rings. The molecule has 0 unspecified atom stereocenters. The summed E-state index contributed by atoms with van der Waals surface area (Å²) in [5.74, 6) is 0.778. The molecule has 0 spiro atoms. The van der Waals surface area contributed by atoms with Crippen molar-refractivity contribution in [2.45, 2.75) is 6.61 Å². The Balaban J connectivity index is 1.25. The van der Waals surface area contributed by atoms with E-state index in [-0.39, 0.29) is 0 Å². The average molecular weight is 580 g/mol. The molecule has 4 nitrogen and oxygen atoms in total. The monoisotopic (exact) mass is 578 g/mol. The lowest BCUT2D eigenvalue weighted by molar-refractivity contribution is 0.122. The molecule has 5 rings (SSSR count). The fourth-order valence-corrected chi connectivity index (χ4v) is 5.45. The van der Waals surface area contributed by atoms with E-state index in [4.69, 9.17) is 9.47 Å². The highest BCUT2D eigenvalue weighted by atomic mass is 79.9. The van der Waals surface area contributed by atoms with Gasteiger partial charge in [-0.1, -0.05) is 36.4 Å². The molecule has 0 radical (unpaired) electrons. The summed E-state index contributed by atoms with van der Waals surface area (Å²) in [6, 6.07) is 27.1. The molecule has 172 valence electrons. The molecule has 1 saturated heterocycles. The van der Waals surface area contributed by atoms with Crippen LogP contribution in [0.3, 0.4) is 0 Å². The van der Waals surface area contributed by atoms with Crippen LogP contribution in [-0.2, 0) is 11.3 Å². The summed E-state index contributed by atoms with van der Waals surface area (Å²) < 4.78 is 13.3. The van der Waals surface area contributed by atoms with Crippen molar-refractivity contribution in [1.29, 1.82) is 0 Å². The number of hydrogen-bond acceptors (Lipinski definition) is 4. The van der Waals surface area contributed by atoms with Gasteiger partial charge < -0.3 is 14.4 Å². The van der Waals surface area contributed by atoms with Gasteiger partial charge in [0.2, 0.25) is 0 Å². The Kier molecular flexibility index (Phi) is 7.28. The third kappa shape index (κ3) is 5.52. The van der Waals surface area contributed by atoms with E-state index < -0.39 is 0 Å². The fourth-order valence-electron chi connectivity index (χ4n) is 4.00. The van der Waals surface area contributed by atoms with Gasteiger partial charge in [-0.25, -0.2) is 0 Å². The molecular weight excluding hydrogens is 556 g/mol. The number of halogens is 2. The second-order valence-electron chi connectivity index (χ2n) is 8.16. The van der Waals surface area contributed by atoms with Crippen molar-refractivity contribution in [3.05, 3.63) is 98.9 Å². The third-order valence-corrected chi connectivity index (χ3v) is 6.98. The summed E-state index contributed by atoms with van der Waals surface area (Å²) >= 11 is 7.32. The Morgan fingerprint density at radius 3 is 2.29 bits per heavy atom. The molecule has 6 heteroatoms. The van der Waals surface area contributed by atoms with E-state index in [0.717, 1.165) is 57.8 Å². The summed E-state index contributed by atoms with van der Waals surface area (Å²) in [5.41, 5.74) is 4.24. The van der Waals surface area contributed by atoms with E-state index in [9.17, 15) is 0 Å². The van der Waals surface area contributed by atoms with E-state index in [1.165, 1.54) is 16.5 Å². The second-order valence-corrected chi connectivity index (χ2v) is 9.87. The Morgan fingerprint density at radius 2 is 1.56 bits per heavy atom. The Morgan fingerprint density at radius 1 is 0.853 bits per heavy atom. The summed E-state index contributed by atoms with van der Waals surface area (Å²) in [7, 11) is 0. The van der Waals surface area contributed by atoms with Crippen molar-refractivity contribution >= 4 is 60.2 Å². The average Bonchev–Trinajstić information content (AvgIpc) is 2.88. The van der Waals surface area contributed by atoms with Gasteiger partial charge >= 0.3 is 0 Å². The first-order valence-electron chi connectivity index (χ1n) is 11.2. The zero-order chi connectivity index (χ0) is 23.3. The molecule has 0 atom stereocenters. The van der Waals surface area contributed by atoms with E-state index in [2.05, 4.69) is 96.3 Å². The molecule has 0 amide bonds. The van der Waals surface area contributed by atoms with E-state index in [1.54, 1.807) is 0 Å². The lowest BCUT2D eigenvalue weighted by Crippen LogP contribution is -2.36. The first kappa shape index (κ1) is 23.1. The second kappa shape index (κ2) is 10.7. The third-order valence-electron chi connectivity index (χ3n) is 5.81. The Bertz CT molecular complexity index is 1290. The largest absolute Gasteiger partial charge is 0.487 e. The van der Waals surface area contributed by atoms with Crippen LogP contribution in [0.15, 0.2) is 92.8 Å². The lowest BCUT2D eigenvalue weighted by atomic mass is 10.1. The first-order valence-corrected chi connectivity index (χ1v) is 12.8. The highest BCUT2D eigenvalue weighted by Gasteiger charge is 2.11. The van der Waals surface area contributed by atoms with Crippen LogP contribution in [0.25, 0.3) is 10.8 Å². The van der Waals surface area contributed by atoms with Gasteiger partial charge in [0.1, 0.15) is 12.4 Å². The molecule has 1 fully saturated rings. The van der Waals surface area contributed by atoms with Crippen molar-refractivity contribution in [3.63, 3.8) is 0 Å². The SMILES string of the molecule is Brc1cc(C=Nc2ccc(N3CCOCC3)cc2)cc(Br)c1OCc1ccc2ccccc2c1. The predicted molar refractivity (Wildman–Crippen MR) is 147 cm³/mol. The van der Waals surface area contributed by atoms with Crippen molar-refractivity contribution in [1.82, 2.24) is 0 Å². The molecule has 1 aliphatic rings. The normalized spacial score (nSPS) is 14.1. The highest BCUT2D eigenvalue weighted by Crippen LogP contribution is 2.35. The van der Waals surface area contributed by atoms with Crippen LogP contribution in [-0.4, -0.2) is 32.5 Å². The molecule has 1 heterocycles. The number of morpholine rings is 1. The minimum absolute atomic E-state index is 0.491. The number of aliphatic imine (C=N–C) groups is 1. The predicted octanol–water partition coefficient (Wildman–Crippen LogP) is 7.53. The maximum atomic E-state index is 6.14. The topological polar surface area (TPSA) is 34.1 Å². The van der Waals surface area contributed by atoms with E-state index in [0.29, 0.717) is 6.61 Å². The van der Waals surface area contributed by atoms with Gasteiger partial charge in [0.25, 0.3) is 0 Å². The quantitative estimate of drug-likeness (QED) is 0.221. The minimum atomic E-state index is 0.491. The number of nitrogens with zero attached hydrogens (tertiary/aromatic N) is 2. The Hall–Kier alpha value is -2.67. The van der Waals surface area contributed by atoms with Crippen molar-refractivity contribution in [3.8, 4) is 5.75 Å². The Labute approximate surface area is 216 Å². The number of anilines is 1. The molecule has 0 bridgehead atoms. The summed E-state index contributed by atoms with van der Waals surface area (Å²) in [6.07, 6.45) is 1.87. The van der Waals surface area contributed by atoms with Gasteiger partial charge in [-0.3, -0.25) is 4.99 Å². The lowest BCUT2D eigenvalue weighted by Gasteiger charge is -2.28. The summed E-state index contributed by atoms with van der Waals surface area (Å²) in [5, 5.41) is 2.44. The van der Waals surface area contributed by atoms with Crippen molar-refractivity contribution < 1.29 is 9.47 Å². The fraction of sp³-hybridized carbons (Fsp3) is 0.179. The van der Waals surface area contributed by atoms with Gasteiger partial charge in [-0.2, -0.15) is 0 Å². The van der Waals surface area contributed by atoms with Crippen molar-refractivity contribution in [2.24, 2.45) is 4.99 Å². The van der Waals surface area contributed by atoms with Gasteiger partial charge in [0, 0.05) is 25.0 Å². The highest BCUT2D eigenvalue weighted by molar-refractivity contribution is 9.11. The van der Waals surface area contributed by atoms with Crippen LogP contribution >= 0.6 is 31.9 Å². The molecule has 0 aromatic heterocycles. The van der Waals surface area contributed by atoms with E-state index >= 15 is 0 Å². The zero-order valence-corrected chi connectivity index (χ0v) is 21.8. The summed E-state index contributed by atoms with van der Waals surface area (Å²) in [6.45, 7) is 3.92. The zero-order valence-electron chi connectivity index (χ0n) is 18.6. The van der Waals surface area contributed by atoms with Crippen LogP contribution in [0.1, 0.15) is 11.1 Å². The molecular formula is C28H24Br2N2O2. The van der Waals surface area contributed by atoms with Crippen LogP contribution in [0, 0.1) is 0 Å². The van der Waals surface area contributed by atoms with Gasteiger partial charge in [-0.15, -0.1) is 0 Å². The van der Waals surface area contributed by atoms with Crippen molar-refractivity contribution in [2.75, 3.05) is 31.2 Å². The molecule has 4 aromatic carbocycles. The number of benzene rings is 4. The minimum Gasteiger partial charge on any atom is -0.487 e. The molecule has 0 saturated carbocycles. The molecule has 0 N–H and O–H groups in total. The van der Waals surface area contributed by atoms with Crippen LogP contribution < -0.4 is 9.64 Å². The van der Waals surface area contributed by atoms with E-state index in [1.807, 2.05) is 30.5 Å². The van der Waals surface area contributed by atoms with Crippen LogP contribution in [0.4, 0.5) is 11.4 Å².